The first-order valence-electron chi connectivity index (χ1n) is 5.13. The van der Waals surface area contributed by atoms with Gasteiger partial charge in [-0.2, -0.15) is 8.78 Å². The van der Waals surface area contributed by atoms with Gasteiger partial charge in [0.05, 0.1) is 6.61 Å². The van der Waals surface area contributed by atoms with Gasteiger partial charge in [0.1, 0.15) is 17.5 Å². The maximum Gasteiger partial charge on any atom is 0.379 e. The van der Waals surface area contributed by atoms with Gasteiger partial charge >= 0.3 is 11.9 Å². The molecule has 0 radical (unpaired) electrons. The third kappa shape index (κ3) is 3.68. The third-order valence-electron chi connectivity index (χ3n) is 2.28. The Hall–Kier alpha value is -1.60. The first-order chi connectivity index (χ1) is 8.30. The molecule has 0 aliphatic carbocycles. The molecule has 4 N–H and O–H groups in total. The van der Waals surface area contributed by atoms with Crippen molar-refractivity contribution in [2.75, 3.05) is 6.61 Å². The number of esters is 1. The molecule has 0 heterocycles. The molecule has 108 valence electrons. The van der Waals surface area contributed by atoms with Crippen molar-refractivity contribution in [3.8, 4) is 11.5 Å². The van der Waals surface area contributed by atoms with E-state index in [-0.39, 0.29) is 24.8 Å². The van der Waals surface area contributed by atoms with E-state index in [1.165, 1.54) is 6.92 Å². The van der Waals surface area contributed by atoms with Crippen molar-refractivity contribution in [2.24, 2.45) is 5.73 Å². The fourth-order valence-electron chi connectivity index (χ4n) is 1.34. The molecule has 0 saturated heterocycles. The summed E-state index contributed by atoms with van der Waals surface area (Å²) in [7, 11) is 0. The molecule has 0 aliphatic rings. The minimum atomic E-state index is -4.00. The van der Waals surface area contributed by atoms with Crippen molar-refractivity contribution >= 4 is 18.4 Å². The number of hydrogen-bond donors (Lipinski definition) is 3. The Bertz CT molecular complexity index is 456. The topological polar surface area (TPSA) is 92.8 Å². The summed E-state index contributed by atoms with van der Waals surface area (Å²) < 4.78 is 31.4. The zero-order valence-electron chi connectivity index (χ0n) is 9.97. The van der Waals surface area contributed by atoms with Gasteiger partial charge in [-0.1, -0.05) is 0 Å². The number of hydrogen-bond acceptors (Lipinski definition) is 5. The molecule has 0 saturated carbocycles. The van der Waals surface area contributed by atoms with Crippen LogP contribution in [0.3, 0.4) is 0 Å². The summed E-state index contributed by atoms with van der Waals surface area (Å²) in [5.41, 5.74) is 4.81. The second kappa shape index (κ2) is 6.53. The van der Waals surface area contributed by atoms with Crippen LogP contribution in [0.15, 0.2) is 18.2 Å². The van der Waals surface area contributed by atoms with Crippen LogP contribution in [0.5, 0.6) is 11.5 Å². The molecule has 5 nitrogen and oxygen atoms in total. The third-order valence-corrected chi connectivity index (χ3v) is 2.28. The van der Waals surface area contributed by atoms with E-state index in [9.17, 15) is 18.7 Å². The maximum atomic E-state index is 13.6. The fourth-order valence-corrected chi connectivity index (χ4v) is 1.34. The van der Waals surface area contributed by atoms with Gasteiger partial charge in [-0.05, 0) is 25.1 Å². The molecule has 1 aromatic rings. The van der Waals surface area contributed by atoms with Crippen LogP contribution < -0.4 is 5.73 Å². The zero-order chi connectivity index (χ0) is 13.9. The summed E-state index contributed by atoms with van der Waals surface area (Å²) in [6, 6.07) is 0.871. The number of nitrogens with two attached hydrogens (primary N) is 1. The van der Waals surface area contributed by atoms with Crippen molar-refractivity contribution < 1.29 is 28.5 Å². The first kappa shape index (κ1) is 17.4. The van der Waals surface area contributed by atoms with E-state index in [0.717, 1.165) is 18.2 Å². The molecule has 0 fully saturated rings. The minimum Gasteiger partial charge on any atom is -0.508 e. The molecule has 0 amide bonds. The summed E-state index contributed by atoms with van der Waals surface area (Å²) >= 11 is 0. The molecule has 0 spiro atoms. The van der Waals surface area contributed by atoms with Crippen molar-refractivity contribution in [1.29, 1.82) is 0 Å². The predicted molar refractivity (Wildman–Crippen MR) is 65.5 cm³/mol. The highest BCUT2D eigenvalue weighted by Gasteiger charge is 2.48. The highest BCUT2D eigenvalue weighted by atomic mass is 35.5. The number of halogens is 3. The Balaban J connectivity index is 0.00000324. The Morgan fingerprint density at radius 3 is 2.58 bits per heavy atom. The predicted octanol–water partition coefficient (Wildman–Crippen LogP) is 1.72. The average molecular weight is 298 g/mol. The number of benzene rings is 1. The van der Waals surface area contributed by atoms with Crippen LogP contribution in [0.25, 0.3) is 0 Å². The Morgan fingerprint density at radius 2 is 2.05 bits per heavy atom. The molecule has 0 bridgehead atoms. The maximum absolute atomic E-state index is 13.6. The van der Waals surface area contributed by atoms with Gasteiger partial charge in [0.25, 0.3) is 0 Å². The Morgan fingerprint density at radius 1 is 1.47 bits per heavy atom. The van der Waals surface area contributed by atoms with Gasteiger partial charge in [0.2, 0.25) is 0 Å². The lowest BCUT2D eigenvalue weighted by molar-refractivity contribution is -0.174. The number of ether oxygens (including phenoxy) is 1. The average Bonchev–Trinajstić information content (AvgIpc) is 2.31. The second-order valence-corrected chi connectivity index (χ2v) is 3.56. The van der Waals surface area contributed by atoms with Gasteiger partial charge in [-0.3, -0.25) is 0 Å². The van der Waals surface area contributed by atoms with Gasteiger partial charge in [-0.25, -0.2) is 4.79 Å². The fraction of sp³-hybridized carbons (Fsp3) is 0.364. The number of alkyl halides is 2. The monoisotopic (exact) mass is 297 g/mol. The molecule has 0 aliphatic heterocycles. The van der Waals surface area contributed by atoms with Crippen LogP contribution >= 0.6 is 12.4 Å². The SMILES string of the molecule is CCOC(=O)C(F)(F)[C@@H](N)c1cc(O)ccc1O.Cl. The lowest BCUT2D eigenvalue weighted by Crippen LogP contribution is -2.41. The Labute approximate surface area is 114 Å². The van der Waals surface area contributed by atoms with Crippen LogP contribution in [0, 0.1) is 0 Å². The molecule has 8 heteroatoms. The number of carbonyl (C=O) groups is 1. The minimum absolute atomic E-state index is 0. The van der Waals surface area contributed by atoms with Gasteiger partial charge in [-0.15, -0.1) is 12.4 Å². The highest BCUT2D eigenvalue weighted by molar-refractivity contribution is 5.85. The molecule has 1 aromatic carbocycles. The van der Waals surface area contributed by atoms with E-state index in [1.54, 1.807) is 0 Å². The van der Waals surface area contributed by atoms with E-state index in [4.69, 9.17) is 10.8 Å². The normalized spacial score (nSPS) is 12.4. The summed E-state index contributed by atoms with van der Waals surface area (Å²) in [5, 5.41) is 18.6. The van der Waals surface area contributed by atoms with Crippen molar-refractivity contribution in [3.05, 3.63) is 23.8 Å². The lowest BCUT2D eigenvalue weighted by atomic mass is 10.00. The summed E-state index contributed by atoms with van der Waals surface area (Å²) in [6.45, 7) is 1.17. The molecule has 1 atom stereocenters. The first-order valence-corrected chi connectivity index (χ1v) is 5.13. The van der Waals surface area contributed by atoms with E-state index >= 15 is 0 Å². The lowest BCUT2D eigenvalue weighted by Gasteiger charge is -2.22. The molecule has 0 unspecified atom stereocenters. The summed E-state index contributed by atoms with van der Waals surface area (Å²) in [5.74, 6) is -6.66. The van der Waals surface area contributed by atoms with E-state index in [0.29, 0.717) is 0 Å². The van der Waals surface area contributed by atoms with E-state index in [2.05, 4.69) is 4.74 Å². The smallest absolute Gasteiger partial charge is 0.379 e. The number of phenolic OH excluding ortho intramolecular Hbond substituents is 2. The number of rotatable bonds is 4. The molecule has 1 rings (SSSR count). The van der Waals surface area contributed by atoms with Crippen LogP contribution in [0.2, 0.25) is 0 Å². The standard InChI is InChI=1S/C11H13F2NO4.ClH/c1-2-18-10(17)11(12,13)9(14)7-5-6(15)3-4-8(7)16;/h3-5,9,15-16H,2,14H2,1H3;1H/t9-;/m0./s1. The molecular weight excluding hydrogens is 284 g/mol. The van der Waals surface area contributed by atoms with Gasteiger partial charge in [0, 0.05) is 5.56 Å². The number of aromatic hydroxyl groups is 2. The van der Waals surface area contributed by atoms with Crippen LogP contribution in [-0.4, -0.2) is 28.7 Å². The van der Waals surface area contributed by atoms with Gasteiger partial charge < -0.3 is 20.7 Å². The molecular formula is C11H14ClF2NO4. The zero-order valence-corrected chi connectivity index (χ0v) is 10.8. The highest BCUT2D eigenvalue weighted by Crippen LogP contribution is 2.36. The van der Waals surface area contributed by atoms with Crippen molar-refractivity contribution in [1.82, 2.24) is 0 Å². The van der Waals surface area contributed by atoms with E-state index < -0.39 is 29.2 Å². The van der Waals surface area contributed by atoms with Crippen molar-refractivity contribution in [3.63, 3.8) is 0 Å². The quantitative estimate of drug-likeness (QED) is 0.581. The second-order valence-electron chi connectivity index (χ2n) is 3.56. The largest absolute Gasteiger partial charge is 0.508 e. The van der Waals surface area contributed by atoms with Crippen molar-refractivity contribution in [2.45, 2.75) is 18.9 Å². The molecule has 0 aromatic heterocycles. The number of phenols is 2. The van der Waals surface area contributed by atoms with Crippen LogP contribution in [-0.2, 0) is 9.53 Å². The summed E-state index contributed by atoms with van der Waals surface area (Å²) in [4.78, 5) is 11.1. The molecule has 19 heavy (non-hydrogen) atoms. The number of carbonyl (C=O) groups excluding carboxylic acids is 1. The van der Waals surface area contributed by atoms with Crippen LogP contribution in [0.1, 0.15) is 18.5 Å². The summed E-state index contributed by atoms with van der Waals surface area (Å²) in [6.07, 6.45) is 0. The Kier molecular flexibility index (Phi) is 5.98. The van der Waals surface area contributed by atoms with Crippen LogP contribution in [0.4, 0.5) is 8.78 Å². The van der Waals surface area contributed by atoms with E-state index in [1.807, 2.05) is 0 Å². The van der Waals surface area contributed by atoms with Gasteiger partial charge in [0.15, 0.2) is 0 Å².